The lowest BCUT2D eigenvalue weighted by atomic mass is 10.1. The van der Waals surface area contributed by atoms with Crippen molar-refractivity contribution in [3.05, 3.63) is 59.4 Å². The van der Waals surface area contributed by atoms with Crippen LogP contribution in [-0.2, 0) is 9.59 Å². The van der Waals surface area contributed by atoms with Crippen molar-refractivity contribution in [1.29, 1.82) is 0 Å². The van der Waals surface area contributed by atoms with Gasteiger partial charge in [0.05, 0.1) is 7.05 Å². The molecule has 5 nitrogen and oxygen atoms in total. The van der Waals surface area contributed by atoms with E-state index >= 15 is 0 Å². The number of anilines is 2. The number of likely N-dealkylation sites (N-methyl/N-ethyl adjacent to an activating group) is 1. The van der Waals surface area contributed by atoms with Crippen LogP contribution in [0.15, 0.2) is 42.5 Å². The van der Waals surface area contributed by atoms with E-state index in [1.165, 1.54) is 18.2 Å². The fraction of sp³-hybridized carbons (Fsp3) is 0.263. The number of nitrogens with one attached hydrogen (secondary N) is 3. The van der Waals surface area contributed by atoms with E-state index < -0.39 is 5.82 Å². The molecule has 0 fully saturated rings. The van der Waals surface area contributed by atoms with Gasteiger partial charge in [-0.3, -0.25) is 9.59 Å². The number of hydrogen-bond donors (Lipinski definition) is 3. The van der Waals surface area contributed by atoms with Crippen LogP contribution < -0.4 is 15.5 Å². The Kier molecular flexibility index (Phi) is 6.25. The summed E-state index contributed by atoms with van der Waals surface area (Å²) in [4.78, 5) is 24.9. The van der Waals surface area contributed by atoms with Crippen molar-refractivity contribution < 1.29 is 18.9 Å². The summed E-state index contributed by atoms with van der Waals surface area (Å²) >= 11 is 0. The molecule has 0 bridgehead atoms. The van der Waals surface area contributed by atoms with Gasteiger partial charge in [0, 0.05) is 11.4 Å². The van der Waals surface area contributed by atoms with Crippen molar-refractivity contribution in [2.75, 3.05) is 30.8 Å². The molecule has 132 valence electrons. The van der Waals surface area contributed by atoms with Gasteiger partial charge in [0.15, 0.2) is 13.1 Å². The van der Waals surface area contributed by atoms with Crippen molar-refractivity contribution in [3.8, 4) is 0 Å². The van der Waals surface area contributed by atoms with Gasteiger partial charge in [-0.05, 0) is 49.2 Å². The van der Waals surface area contributed by atoms with Crippen LogP contribution >= 0.6 is 0 Å². The molecule has 1 unspecified atom stereocenters. The summed E-state index contributed by atoms with van der Waals surface area (Å²) in [7, 11) is 1.76. The van der Waals surface area contributed by atoms with Crippen LogP contribution in [0.3, 0.4) is 0 Å². The summed E-state index contributed by atoms with van der Waals surface area (Å²) in [6, 6.07) is 11.6. The van der Waals surface area contributed by atoms with E-state index in [1.807, 2.05) is 32.0 Å². The fourth-order valence-corrected chi connectivity index (χ4v) is 2.45. The third-order valence-corrected chi connectivity index (χ3v) is 3.70. The minimum atomic E-state index is -0.411. The minimum absolute atomic E-state index is 0.108. The van der Waals surface area contributed by atoms with Crippen molar-refractivity contribution in [2.45, 2.75) is 13.8 Å². The smallest absolute Gasteiger partial charge is 0.279 e. The van der Waals surface area contributed by atoms with Crippen LogP contribution in [0.5, 0.6) is 0 Å². The topological polar surface area (TPSA) is 62.6 Å². The van der Waals surface area contributed by atoms with Crippen molar-refractivity contribution in [1.82, 2.24) is 0 Å². The summed E-state index contributed by atoms with van der Waals surface area (Å²) in [5.41, 5.74) is 3.23. The van der Waals surface area contributed by atoms with E-state index in [2.05, 4.69) is 10.6 Å². The van der Waals surface area contributed by atoms with Crippen molar-refractivity contribution in [2.24, 2.45) is 0 Å². The van der Waals surface area contributed by atoms with Gasteiger partial charge >= 0.3 is 0 Å². The SMILES string of the molecule is Cc1ccc(C)c(NC(=O)C[NH+](C)CC(=O)Nc2cccc(F)c2)c1. The van der Waals surface area contributed by atoms with Gasteiger partial charge in [0.2, 0.25) is 0 Å². The summed E-state index contributed by atoms with van der Waals surface area (Å²) < 4.78 is 13.1. The standard InChI is InChI=1S/C19H22FN3O2/c1-13-7-8-14(2)17(9-13)22-19(25)12-23(3)11-18(24)21-16-6-4-5-15(20)10-16/h4-10H,11-12H2,1-3H3,(H,21,24)(H,22,25)/p+1. The Labute approximate surface area is 146 Å². The van der Waals surface area contributed by atoms with Gasteiger partial charge in [-0.2, -0.15) is 0 Å². The van der Waals surface area contributed by atoms with E-state index in [0.717, 1.165) is 21.7 Å². The Morgan fingerprint density at radius 2 is 1.68 bits per heavy atom. The molecule has 0 aromatic heterocycles. The van der Waals surface area contributed by atoms with E-state index in [-0.39, 0.29) is 24.9 Å². The van der Waals surface area contributed by atoms with E-state index in [4.69, 9.17) is 0 Å². The zero-order chi connectivity index (χ0) is 18.4. The van der Waals surface area contributed by atoms with Gasteiger partial charge in [-0.1, -0.05) is 18.2 Å². The summed E-state index contributed by atoms with van der Waals surface area (Å²) in [5.74, 6) is -0.848. The molecule has 3 N–H and O–H groups in total. The Balaban J connectivity index is 1.84. The molecule has 6 heteroatoms. The lowest BCUT2D eigenvalue weighted by molar-refractivity contribution is -0.862. The van der Waals surface area contributed by atoms with Gasteiger partial charge in [-0.25, -0.2) is 4.39 Å². The van der Waals surface area contributed by atoms with Crippen LogP contribution in [0.2, 0.25) is 0 Å². The molecule has 1 atom stereocenters. The molecule has 2 aromatic rings. The first-order valence-electron chi connectivity index (χ1n) is 8.07. The van der Waals surface area contributed by atoms with Gasteiger partial charge in [-0.15, -0.1) is 0 Å². The van der Waals surface area contributed by atoms with Gasteiger partial charge < -0.3 is 15.5 Å². The maximum atomic E-state index is 13.1. The molecule has 0 spiro atoms. The first-order valence-corrected chi connectivity index (χ1v) is 8.07. The maximum Gasteiger partial charge on any atom is 0.279 e. The number of carbonyl (C=O) groups excluding carboxylic acids is 2. The number of hydrogen-bond acceptors (Lipinski definition) is 2. The van der Waals surface area contributed by atoms with Crippen molar-refractivity contribution >= 4 is 23.2 Å². The minimum Gasteiger partial charge on any atom is -0.322 e. The Bertz CT molecular complexity index is 777. The van der Waals surface area contributed by atoms with Crippen LogP contribution in [0.1, 0.15) is 11.1 Å². The highest BCUT2D eigenvalue weighted by Gasteiger charge is 2.15. The summed E-state index contributed by atoms with van der Waals surface area (Å²) in [5, 5.41) is 5.49. The predicted molar refractivity (Wildman–Crippen MR) is 96.2 cm³/mol. The van der Waals surface area contributed by atoms with E-state index in [1.54, 1.807) is 13.1 Å². The molecule has 2 aromatic carbocycles. The average Bonchev–Trinajstić information content (AvgIpc) is 2.50. The zero-order valence-corrected chi connectivity index (χ0v) is 14.7. The Hall–Kier alpha value is -2.73. The maximum absolute atomic E-state index is 13.1. The number of benzene rings is 2. The highest BCUT2D eigenvalue weighted by molar-refractivity contribution is 5.93. The first kappa shape index (κ1) is 18.6. The summed E-state index contributed by atoms with van der Waals surface area (Å²) in [6.45, 7) is 4.15. The molecular formula is C19H23FN3O2+. The molecule has 25 heavy (non-hydrogen) atoms. The predicted octanol–water partition coefficient (Wildman–Crippen LogP) is 1.53. The monoisotopic (exact) mass is 344 g/mol. The number of carbonyl (C=O) groups is 2. The van der Waals surface area contributed by atoms with Gasteiger partial charge in [0.25, 0.3) is 11.8 Å². The lowest BCUT2D eigenvalue weighted by Crippen LogP contribution is -3.11. The number of amides is 2. The molecule has 0 saturated heterocycles. The fourth-order valence-electron chi connectivity index (χ4n) is 2.45. The molecule has 0 aliphatic rings. The molecular weight excluding hydrogens is 321 g/mol. The van der Waals surface area contributed by atoms with Gasteiger partial charge in [0.1, 0.15) is 5.82 Å². The van der Waals surface area contributed by atoms with Crippen LogP contribution in [-0.4, -0.2) is 32.0 Å². The molecule has 0 aliphatic heterocycles. The molecule has 2 rings (SSSR count). The van der Waals surface area contributed by atoms with Crippen LogP contribution in [0.25, 0.3) is 0 Å². The summed E-state index contributed by atoms with van der Waals surface area (Å²) in [6.07, 6.45) is 0. The van der Waals surface area contributed by atoms with Crippen LogP contribution in [0.4, 0.5) is 15.8 Å². The molecule has 2 amide bonds. The number of halogens is 1. The molecule has 0 radical (unpaired) electrons. The quantitative estimate of drug-likeness (QED) is 0.744. The number of aryl methyl sites for hydroxylation is 2. The molecule has 0 aliphatic carbocycles. The zero-order valence-electron chi connectivity index (χ0n) is 14.7. The normalized spacial score (nSPS) is 11.7. The third kappa shape index (κ3) is 6.00. The Morgan fingerprint density at radius 3 is 2.36 bits per heavy atom. The lowest BCUT2D eigenvalue weighted by Gasteiger charge is -2.15. The van der Waals surface area contributed by atoms with E-state index in [0.29, 0.717) is 5.69 Å². The second-order valence-corrected chi connectivity index (χ2v) is 6.24. The third-order valence-electron chi connectivity index (χ3n) is 3.70. The van der Waals surface area contributed by atoms with Crippen molar-refractivity contribution in [3.63, 3.8) is 0 Å². The Morgan fingerprint density at radius 1 is 1.00 bits per heavy atom. The number of quaternary nitrogens is 1. The van der Waals surface area contributed by atoms with Crippen LogP contribution in [0, 0.1) is 19.7 Å². The second-order valence-electron chi connectivity index (χ2n) is 6.24. The highest BCUT2D eigenvalue weighted by atomic mass is 19.1. The molecule has 0 heterocycles. The second kappa shape index (κ2) is 8.39. The first-order chi connectivity index (χ1) is 11.8. The number of rotatable bonds is 6. The highest BCUT2D eigenvalue weighted by Crippen LogP contribution is 2.15. The average molecular weight is 344 g/mol. The molecule has 0 saturated carbocycles. The van der Waals surface area contributed by atoms with E-state index in [9.17, 15) is 14.0 Å². The largest absolute Gasteiger partial charge is 0.322 e.